The smallest absolute Gasteiger partial charge is 0.0620 e. The molecule has 0 spiro atoms. The van der Waals surface area contributed by atoms with Gasteiger partial charge in [-0.1, -0.05) is 109 Å². The van der Waals surface area contributed by atoms with Gasteiger partial charge in [0, 0.05) is 43.1 Å². The van der Waals surface area contributed by atoms with Gasteiger partial charge in [0.25, 0.3) is 0 Å². The van der Waals surface area contributed by atoms with Crippen LogP contribution >= 0.6 is 0 Å². The first kappa shape index (κ1) is 26.3. The average molecular weight is 633 g/mol. The minimum atomic E-state index is 1.24. The molecule has 8 aromatic carbocycles. The molecule has 0 amide bonds. The third kappa shape index (κ3) is 3.37. The van der Waals surface area contributed by atoms with E-state index in [9.17, 15) is 0 Å². The van der Waals surface area contributed by atoms with E-state index in [-0.39, 0.29) is 0 Å². The van der Waals surface area contributed by atoms with E-state index in [1.807, 2.05) is 0 Å². The first-order chi connectivity index (χ1) is 24.8. The maximum Gasteiger partial charge on any atom is 0.0620 e. The van der Waals surface area contributed by atoms with Crippen molar-refractivity contribution in [3.63, 3.8) is 0 Å². The van der Waals surface area contributed by atoms with E-state index in [2.05, 4.69) is 179 Å². The molecule has 4 heterocycles. The first-order valence-corrected chi connectivity index (χ1v) is 17.4. The van der Waals surface area contributed by atoms with Crippen LogP contribution in [0.25, 0.3) is 110 Å². The maximum atomic E-state index is 2.50. The number of para-hydroxylation sites is 2. The van der Waals surface area contributed by atoms with Gasteiger partial charge < -0.3 is 8.80 Å². The predicted octanol–water partition coefficient (Wildman–Crippen LogP) is 13.0. The second-order valence-electron chi connectivity index (χ2n) is 13.7. The van der Waals surface area contributed by atoms with Gasteiger partial charge in [0.1, 0.15) is 0 Å². The van der Waals surface area contributed by atoms with Gasteiger partial charge in [0.15, 0.2) is 0 Å². The highest BCUT2D eigenvalue weighted by Gasteiger charge is 2.22. The van der Waals surface area contributed by atoms with Gasteiger partial charge in [-0.15, -0.1) is 0 Å². The van der Waals surface area contributed by atoms with Crippen LogP contribution < -0.4 is 0 Å². The minimum absolute atomic E-state index is 1.24. The summed E-state index contributed by atoms with van der Waals surface area (Å²) < 4.78 is 4.96. The number of nitrogens with zero attached hydrogens (tertiary/aromatic N) is 2. The van der Waals surface area contributed by atoms with Crippen LogP contribution in [0.5, 0.6) is 0 Å². The Kier molecular flexibility index (Phi) is 5.00. The Morgan fingerprint density at radius 1 is 0.220 bits per heavy atom. The highest BCUT2D eigenvalue weighted by atomic mass is 14.9. The molecule has 12 rings (SSSR count). The molecule has 0 saturated heterocycles. The number of aromatic nitrogens is 2. The van der Waals surface area contributed by atoms with E-state index in [0.717, 1.165) is 0 Å². The molecule has 0 radical (unpaired) electrons. The van der Waals surface area contributed by atoms with Crippen molar-refractivity contribution in [3.05, 3.63) is 170 Å². The molecule has 50 heavy (non-hydrogen) atoms. The molecular formula is C48H28N2. The SMILES string of the molecule is c1ccc(-c2ccc3c(c2)c2cc(-c4cc5c6ccccc6n6c7ccccc7c(c4)c56)cc4c5cc(-c6ccccc6)ccc5n3c24)cc1. The van der Waals surface area contributed by atoms with Crippen molar-refractivity contribution in [2.24, 2.45) is 0 Å². The van der Waals surface area contributed by atoms with Gasteiger partial charge >= 0.3 is 0 Å². The Morgan fingerprint density at radius 2 is 0.560 bits per heavy atom. The van der Waals surface area contributed by atoms with Crippen molar-refractivity contribution in [1.29, 1.82) is 0 Å². The lowest BCUT2D eigenvalue weighted by Crippen LogP contribution is -1.83. The third-order valence-corrected chi connectivity index (χ3v) is 11.1. The molecule has 0 aliphatic carbocycles. The van der Waals surface area contributed by atoms with Gasteiger partial charge in [-0.05, 0) is 94.0 Å². The second-order valence-corrected chi connectivity index (χ2v) is 13.7. The van der Waals surface area contributed by atoms with E-state index in [1.165, 1.54) is 110 Å². The van der Waals surface area contributed by atoms with Crippen molar-refractivity contribution < 1.29 is 0 Å². The third-order valence-electron chi connectivity index (χ3n) is 11.1. The molecule has 0 unspecified atom stereocenters. The normalized spacial score (nSPS) is 12.4. The van der Waals surface area contributed by atoms with Crippen LogP contribution in [0.4, 0.5) is 0 Å². The molecular weight excluding hydrogens is 605 g/mol. The number of fused-ring (bicyclic) bond motifs is 12. The molecule has 0 aliphatic rings. The molecule has 2 heteroatoms. The first-order valence-electron chi connectivity index (χ1n) is 17.4. The lowest BCUT2D eigenvalue weighted by atomic mass is 9.95. The molecule has 0 fully saturated rings. The van der Waals surface area contributed by atoms with Crippen molar-refractivity contribution in [3.8, 4) is 33.4 Å². The monoisotopic (exact) mass is 632 g/mol. The van der Waals surface area contributed by atoms with Gasteiger partial charge in [-0.2, -0.15) is 0 Å². The average Bonchev–Trinajstić information content (AvgIpc) is 3.91. The fourth-order valence-electron chi connectivity index (χ4n) is 8.95. The molecule has 0 N–H and O–H groups in total. The topological polar surface area (TPSA) is 8.82 Å². The standard InChI is InChI=1S/C48H28N2/c1-3-11-29(12-4-1)31-19-21-45-37(23-31)41-27-34(28-42-38-24-32(30-13-5-2-6-14-30)20-22-46(38)50(45)48(41)42)33-25-39-35-15-7-9-17-43(35)49-44-18-10-8-16-36(44)40(26-33)47(39)49/h1-28H. The van der Waals surface area contributed by atoms with Crippen LogP contribution in [-0.2, 0) is 0 Å². The Bertz CT molecular complexity index is 3080. The van der Waals surface area contributed by atoms with Crippen LogP contribution in [-0.4, -0.2) is 8.80 Å². The minimum Gasteiger partial charge on any atom is -0.308 e. The van der Waals surface area contributed by atoms with Crippen molar-refractivity contribution in [1.82, 2.24) is 8.80 Å². The fraction of sp³-hybridized carbons (Fsp3) is 0. The van der Waals surface area contributed by atoms with Crippen LogP contribution in [0.15, 0.2) is 170 Å². The van der Waals surface area contributed by atoms with Gasteiger partial charge in [-0.3, -0.25) is 0 Å². The number of rotatable bonds is 3. The second kappa shape index (κ2) is 9.49. The molecule has 0 atom stereocenters. The van der Waals surface area contributed by atoms with E-state index in [0.29, 0.717) is 0 Å². The Labute approximate surface area is 287 Å². The van der Waals surface area contributed by atoms with E-state index < -0.39 is 0 Å². The molecule has 4 aromatic heterocycles. The summed E-state index contributed by atoms with van der Waals surface area (Å²) in [6.45, 7) is 0. The van der Waals surface area contributed by atoms with E-state index >= 15 is 0 Å². The van der Waals surface area contributed by atoms with Crippen molar-refractivity contribution >= 4 is 76.2 Å². The zero-order valence-corrected chi connectivity index (χ0v) is 27.1. The van der Waals surface area contributed by atoms with Crippen LogP contribution in [0, 0.1) is 0 Å². The molecule has 0 aliphatic heterocycles. The van der Waals surface area contributed by atoms with Gasteiger partial charge in [0.05, 0.1) is 33.1 Å². The molecule has 0 bridgehead atoms. The largest absolute Gasteiger partial charge is 0.308 e. The summed E-state index contributed by atoms with van der Waals surface area (Å²) in [5.74, 6) is 0. The predicted molar refractivity (Wildman–Crippen MR) is 212 cm³/mol. The lowest BCUT2D eigenvalue weighted by molar-refractivity contribution is 1.37. The summed E-state index contributed by atoms with van der Waals surface area (Å²) >= 11 is 0. The quantitative estimate of drug-likeness (QED) is 0.183. The van der Waals surface area contributed by atoms with Crippen molar-refractivity contribution in [2.45, 2.75) is 0 Å². The summed E-state index contributed by atoms with van der Waals surface area (Å²) in [5.41, 5.74) is 15.1. The molecule has 0 saturated carbocycles. The van der Waals surface area contributed by atoms with Crippen LogP contribution in [0.2, 0.25) is 0 Å². The zero-order valence-electron chi connectivity index (χ0n) is 27.1. The summed E-state index contributed by atoms with van der Waals surface area (Å²) in [5, 5.41) is 10.4. The number of benzene rings is 8. The zero-order chi connectivity index (χ0) is 32.5. The fourth-order valence-corrected chi connectivity index (χ4v) is 8.95. The van der Waals surface area contributed by atoms with Crippen molar-refractivity contribution in [2.75, 3.05) is 0 Å². The highest BCUT2D eigenvalue weighted by molar-refractivity contribution is 6.27. The van der Waals surface area contributed by atoms with Crippen LogP contribution in [0.3, 0.4) is 0 Å². The summed E-state index contributed by atoms with van der Waals surface area (Å²) in [4.78, 5) is 0. The summed E-state index contributed by atoms with van der Waals surface area (Å²) in [6, 6.07) is 62.9. The van der Waals surface area contributed by atoms with E-state index in [4.69, 9.17) is 0 Å². The summed E-state index contributed by atoms with van der Waals surface area (Å²) in [6.07, 6.45) is 0. The Hall–Kier alpha value is -6.64. The van der Waals surface area contributed by atoms with Gasteiger partial charge in [0.2, 0.25) is 0 Å². The number of hydrogen-bond acceptors (Lipinski definition) is 0. The summed E-state index contributed by atoms with van der Waals surface area (Å²) in [7, 11) is 0. The lowest BCUT2D eigenvalue weighted by Gasteiger charge is -2.08. The molecule has 12 aromatic rings. The molecule has 2 nitrogen and oxygen atoms in total. The Balaban J connectivity index is 1.22. The maximum absolute atomic E-state index is 2.50. The van der Waals surface area contributed by atoms with E-state index in [1.54, 1.807) is 0 Å². The number of hydrogen-bond donors (Lipinski definition) is 0. The molecule has 230 valence electrons. The van der Waals surface area contributed by atoms with Gasteiger partial charge in [-0.25, -0.2) is 0 Å². The Morgan fingerprint density at radius 3 is 1.00 bits per heavy atom. The highest BCUT2D eigenvalue weighted by Crippen LogP contribution is 2.46. The van der Waals surface area contributed by atoms with Crippen LogP contribution in [0.1, 0.15) is 0 Å².